The van der Waals surface area contributed by atoms with Crippen molar-refractivity contribution in [2.45, 2.75) is 69.2 Å². The molecule has 0 unspecified atom stereocenters. The van der Waals surface area contributed by atoms with Crippen molar-refractivity contribution in [1.82, 2.24) is 4.90 Å². The number of anilines is 1. The summed E-state index contributed by atoms with van der Waals surface area (Å²) in [6.07, 6.45) is 6.39. The first kappa shape index (κ1) is 21.8. The second-order valence-electron chi connectivity index (χ2n) is 8.64. The lowest BCUT2D eigenvalue weighted by molar-refractivity contribution is -0.134. The Morgan fingerprint density at radius 2 is 1.90 bits per heavy atom. The van der Waals surface area contributed by atoms with Gasteiger partial charge < -0.3 is 9.80 Å². The molecule has 0 bridgehead atoms. The van der Waals surface area contributed by atoms with Crippen LogP contribution in [0, 0.1) is 5.92 Å². The maximum atomic E-state index is 13.3. The van der Waals surface area contributed by atoms with Gasteiger partial charge >= 0.3 is 0 Å². The largest absolute Gasteiger partial charge is 0.340 e. The summed E-state index contributed by atoms with van der Waals surface area (Å²) in [5.41, 5.74) is 1.41. The number of hydrogen-bond acceptors (Lipinski definition) is 4. The Balaban J connectivity index is 1.56. The number of piperidine rings is 1. The normalized spacial score (nSPS) is 21.6. The van der Waals surface area contributed by atoms with Gasteiger partial charge in [-0.15, -0.1) is 0 Å². The highest BCUT2D eigenvalue weighted by molar-refractivity contribution is 9.10. The summed E-state index contributed by atoms with van der Waals surface area (Å²) in [6.45, 7) is 3.31. The molecule has 4 rings (SSSR count). The first-order valence-corrected chi connectivity index (χ1v) is 13.4. The summed E-state index contributed by atoms with van der Waals surface area (Å²) in [7, 11) is -3.71. The van der Waals surface area contributed by atoms with Gasteiger partial charge in [-0.25, -0.2) is 8.42 Å². The molecule has 1 aromatic rings. The third-order valence-electron chi connectivity index (χ3n) is 6.52. The molecule has 2 aliphatic heterocycles. The first-order valence-electron chi connectivity index (χ1n) is 11.0. The monoisotopic (exact) mass is 496 g/mol. The van der Waals surface area contributed by atoms with E-state index in [0.29, 0.717) is 29.7 Å². The van der Waals surface area contributed by atoms with Crippen molar-refractivity contribution in [2.24, 2.45) is 5.92 Å². The molecule has 2 heterocycles. The Hall–Kier alpha value is -1.41. The van der Waals surface area contributed by atoms with Crippen molar-refractivity contribution in [3.8, 4) is 0 Å². The van der Waals surface area contributed by atoms with Gasteiger partial charge in [0.15, 0.2) is 9.84 Å². The van der Waals surface area contributed by atoms with Crippen LogP contribution in [0.3, 0.4) is 0 Å². The second kappa shape index (κ2) is 8.61. The van der Waals surface area contributed by atoms with E-state index in [2.05, 4.69) is 22.9 Å². The molecule has 1 aliphatic carbocycles. The van der Waals surface area contributed by atoms with Crippen LogP contribution in [0.4, 0.5) is 5.69 Å². The lowest BCUT2D eigenvalue weighted by Crippen LogP contribution is -2.43. The van der Waals surface area contributed by atoms with Crippen molar-refractivity contribution in [1.29, 1.82) is 0 Å². The number of benzene rings is 1. The van der Waals surface area contributed by atoms with E-state index in [0.717, 1.165) is 44.1 Å². The molecule has 0 spiro atoms. The standard InChI is InChI=1S/C22H29BrN2O4S/c1-2-18-5-3-4-10-24(18)20(26)9-12-30(28,29)19-14-17(23)13-16-8-11-25(21(16)19)22(27)15-6-7-15/h13-15,18H,2-12H2,1H3/t18-/m0/s1. The Bertz CT molecular complexity index is 958. The number of fused-ring (bicyclic) bond motifs is 1. The van der Waals surface area contributed by atoms with Crippen LogP contribution in [0.15, 0.2) is 21.5 Å². The molecule has 0 aromatic heterocycles. The zero-order valence-corrected chi connectivity index (χ0v) is 19.8. The average molecular weight is 497 g/mol. The minimum absolute atomic E-state index is 0.0172. The molecular weight excluding hydrogens is 468 g/mol. The Morgan fingerprint density at radius 1 is 1.13 bits per heavy atom. The van der Waals surface area contributed by atoms with E-state index in [9.17, 15) is 18.0 Å². The van der Waals surface area contributed by atoms with Crippen LogP contribution in [0.2, 0.25) is 0 Å². The highest BCUT2D eigenvalue weighted by Gasteiger charge is 2.39. The highest BCUT2D eigenvalue weighted by Crippen LogP contribution is 2.41. The molecule has 2 amide bonds. The third kappa shape index (κ3) is 4.31. The van der Waals surface area contributed by atoms with Gasteiger partial charge in [-0.1, -0.05) is 22.9 Å². The molecule has 1 saturated carbocycles. The van der Waals surface area contributed by atoms with Crippen LogP contribution in [0.1, 0.15) is 57.4 Å². The molecule has 30 heavy (non-hydrogen) atoms. The van der Waals surface area contributed by atoms with Gasteiger partial charge in [0.1, 0.15) is 0 Å². The maximum absolute atomic E-state index is 13.3. The second-order valence-corrected chi connectivity index (χ2v) is 11.6. The summed E-state index contributed by atoms with van der Waals surface area (Å²) in [5, 5.41) is 0. The number of carbonyl (C=O) groups excluding carboxylic acids is 2. The van der Waals surface area contributed by atoms with Crippen LogP contribution < -0.4 is 4.90 Å². The summed E-state index contributed by atoms with van der Waals surface area (Å²) < 4.78 is 27.3. The molecule has 8 heteroatoms. The number of carbonyl (C=O) groups is 2. The third-order valence-corrected chi connectivity index (χ3v) is 8.71. The molecule has 1 saturated heterocycles. The molecule has 164 valence electrons. The Morgan fingerprint density at radius 3 is 2.60 bits per heavy atom. The lowest BCUT2D eigenvalue weighted by Gasteiger charge is -2.35. The summed E-state index contributed by atoms with van der Waals surface area (Å²) in [5.74, 6) is -0.250. The van der Waals surface area contributed by atoms with E-state index in [1.807, 2.05) is 11.0 Å². The van der Waals surface area contributed by atoms with Gasteiger partial charge in [0.2, 0.25) is 11.8 Å². The van der Waals surface area contributed by atoms with E-state index in [-0.39, 0.29) is 40.8 Å². The summed E-state index contributed by atoms with van der Waals surface area (Å²) in [4.78, 5) is 29.2. The SMILES string of the molecule is CC[C@H]1CCCCN1C(=O)CCS(=O)(=O)c1cc(Br)cc2c1N(C(=O)C1CC1)CC2. The van der Waals surface area contributed by atoms with Crippen LogP contribution >= 0.6 is 15.9 Å². The fraction of sp³-hybridized carbons (Fsp3) is 0.636. The minimum Gasteiger partial charge on any atom is -0.340 e. The van der Waals surface area contributed by atoms with Gasteiger partial charge in [-0.2, -0.15) is 0 Å². The van der Waals surface area contributed by atoms with E-state index in [1.165, 1.54) is 0 Å². The number of halogens is 1. The number of likely N-dealkylation sites (tertiary alicyclic amines) is 1. The topological polar surface area (TPSA) is 74.8 Å². The summed E-state index contributed by atoms with van der Waals surface area (Å²) >= 11 is 3.42. The molecule has 1 atom stereocenters. The fourth-order valence-corrected chi connectivity index (χ4v) is 6.87. The molecule has 3 aliphatic rings. The van der Waals surface area contributed by atoms with E-state index in [1.54, 1.807) is 11.0 Å². The highest BCUT2D eigenvalue weighted by atomic mass is 79.9. The molecule has 1 aromatic carbocycles. The molecular formula is C22H29BrN2O4S. The number of rotatable bonds is 6. The van der Waals surface area contributed by atoms with Crippen LogP contribution in [-0.4, -0.2) is 50.0 Å². The van der Waals surface area contributed by atoms with Gasteiger partial charge in [0.25, 0.3) is 0 Å². The number of sulfone groups is 1. The van der Waals surface area contributed by atoms with Crippen molar-refractivity contribution < 1.29 is 18.0 Å². The molecule has 0 radical (unpaired) electrons. The predicted molar refractivity (Wildman–Crippen MR) is 119 cm³/mol. The smallest absolute Gasteiger partial charge is 0.230 e. The van der Waals surface area contributed by atoms with Crippen molar-refractivity contribution in [3.63, 3.8) is 0 Å². The molecule has 6 nitrogen and oxygen atoms in total. The lowest BCUT2D eigenvalue weighted by atomic mass is 10.00. The van der Waals surface area contributed by atoms with Crippen LogP contribution in [-0.2, 0) is 25.8 Å². The van der Waals surface area contributed by atoms with E-state index in [4.69, 9.17) is 0 Å². The van der Waals surface area contributed by atoms with Crippen molar-refractivity contribution in [3.05, 3.63) is 22.2 Å². The quantitative estimate of drug-likeness (QED) is 0.601. The van der Waals surface area contributed by atoms with Gasteiger partial charge in [-0.3, -0.25) is 9.59 Å². The van der Waals surface area contributed by atoms with E-state index < -0.39 is 9.84 Å². The maximum Gasteiger partial charge on any atom is 0.230 e. The van der Waals surface area contributed by atoms with Crippen molar-refractivity contribution in [2.75, 3.05) is 23.7 Å². The van der Waals surface area contributed by atoms with Gasteiger partial charge in [0.05, 0.1) is 16.3 Å². The number of amides is 2. The zero-order valence-electron chi connectivity index (χ0n) is 17.4. The van der Waals surface area contributed by atoms with E-state index >= 15 is 0 Å². The predicted octanol–water partition coefficient (Wildman–Crippen LogP) is 3.70. The fourth-order valence-electron chi connectivity index (χ4n) is 4.71. The number of hydrogen-bond donors (Lipinski definition) is 0. The van der Waals surface area contributed by atoms with Crippen LogP contribution in [0.5, 0.6) is 0 Å². The molecule has 0 N–H and O–H groups in total. The van der Waals surface area contributed by atoms with Gasteiger partial charge in [-0.05, 0) is 62.6 Å². The first-order chi connectivity index (χ1) is 14.3. The Labute approximate surface area is 187 Å². The Kier molecular flexibility index (Phi) is 6.26. The number of nitrogens with zero attached hydrogens (tertiary/aromatic N) is 2. The molecule has 2 fully saturated rings. The van der Waals surface area contributed by atoms with Crippen LogP contribution in [0.25, 0.3) is 0 Å². The van der Waals surface area contributed by atoms with Crippen molar-refractivity contribution >= 4 is 43.3 Å². The minimum atomic E-state index is -3.71. The van der Waals surface area contributed by atoms with Gasteiger partial charge in [0, 0.05) is 35.9 Å². The summed E-state index contributed by atoms with van der Waals surface area (Å²) in [6, 6.07) is 3.71. The zero-order chi connectivity index (χ0) is 21.5. The average Bonchev–Trinajstić information content (AvgIpc) is 3.50.